The first-order valence-corrected chi connectivity index (χ1v) is 4.26. The van der Waals surface area contributed by atoms with Crippen LogP contribution in [0.2, 0.25) is 0 Å². The molecule has 1 heterocycles. The summed E-state index contributed by atoms with van der Waals surface area (Å²) in [5.74, 6) is 0. The van der Waals surface area contributed by atoms with Gasteiger partial charge in [-0.05, 0) is 13.0 Å². The first-order chi connectivity index (χ1) is 6.29. The summed E-state index contributed by atoms with van der Waals surface area (Å²) < 4.78 is 0. The van der Waals surface area contributed by atoms with E-state index in [0.29, 0.717) is 0 Å². The lowest BCUT2D eigenvalue weighted by Gasteiger charge is -2.27. The highest BCUT2D eigenvalue weighted by Gasteiger charge is 2.25. The van der Waals surface area contributed by atoms with Crippen molar-refractivity contribution in [3.63, 3.8) is 0 Å². The van der Waals surface area contributed by atoms with Gasteiger partial charge in [-0.15, -0.1) is 0 Å². The first kappa shape index (κ1) is 8.19. The van der Waals surface area contributed by atoms with Crippen LogP contribution in [0.1, 0.15) is 18.0 Å². The van der Waals surface area contributed by atoms with E-state index in [1.165, 1.54) is 0 Å². The molecule has 68 valence electrons. The molecule has 1 N–H and O–H groups in total. The Hall–Kier alpha value is -1.42. The van der Waals surface area contributed by atoms with Crippen LogP contribution in [0, 0.1) is 10.1 Å². The minimum absolute atomic E-state index is 0.182. The van der Waals surface area contributed by atoms with Crippen LogP contribution in [0.15, 0.2) is 24.3 Å². The maximum Gasteiger partial charge on any atom is 0.274 e. The van der Waals surface area contributed by atoms with Crippen molar-refractivity contribution in [2.24, 2.45) is 0 Å². The van der Waals surface area contributed by atoms with Crippen molar-refractivity contribution < 1.29 is 4.92 Å². The Morgan fingerprint density at radius 3 is 2.69 bits per heavy atom. The molecule has 0 saturated carbocycles. The summed E-state index contributed by atoms with van der Waals surface area (Å²) in [5.41, 5.74) is 1.03. The van der Waals surface area contributed by atoms with Crippen LogP contribution in [-0.4, -0.2) is 11.5 Å². The Morgan fingerprint density at radius 1 is 1.46 bits per heavy atom. The van der Waals surface area contributed by atoms with E-state index in [2.05, 4.69) is 5.32 Å². The first-order valence-electron chi connectivity index (χ1n) is 4.26. The highest BCUT2D eigenvalue weighted by Crippen LogP contribution is 2.30. The van der Waals surface area contributed by atoms with E-state index in [4.69, 9.17) is 0 Å². The molecule has 0 radical (unpaired) electrons. The molecule has 1 fully saturated rings. The third-order valence-electron chi connectivity index (χ3n) is 2.33. The summed E-state index contributed by atoms with van der Waals surface area (Å²) in [4.78, 5) is 10.3. The van der Waals surface area contributed by atoms with Gasteiger partial charge >= 0.3 is 0 Å². The van der Waals surface area contributed by atoms with Crippen LogP contribution in [0.3, 0.4) is 0 Å². The van der Waals surface area contributed by atoms with Crippen molar-refractivity contribution in [3.8, 4) is 0 Å². The van der Waals surface area contributed by atoms with Gasteiger partial charge in [0.25, 0.3) is 5.69 Å². The number of hydrogen-bond donors (Lipinski definition) is 1. The van der Waals surface area contributed by atoms with E-state index in [0.717, 1.165) is 18.5 Å². The standard InChI is InChI=1S/C9H10N2O2/c12-11(13)9-4-2-1-3-7(9)8-5-6-10-8/h1-4,8,10H,5-6H2. The number of nitrogens with zero attached hydrogens (tertiary/aromatic N) is 1. The van der Waals surface area contributed by atoms with Crippen LogP contribution >= 0.6 is 0 Å². The molecule has 0 bridgehead atoms. The van der Waals surface area contributed by atoms with Crippen LogP contribution < -0.4 is 5.32 Å². The van der Waals surface area contributed by atoms with Gasteiger partial charge in [0.1, 0.15) is 0 Å². The van der Waals surface area contributed by atoms with Crippen LogP contribution in [0.25, 0.3) is 0 Å². The Balaban J connectivity index is 2.36. The zero-order valence-corrected chi connectivity index (χ0v) is 7.06. The third-order valence-corrected chi connectivity index (χ3v) is 2.33. The Morgan fingerprint density at radius 2 is 2.15 bits per heavy atom. The van der Waals surface area contributed by atoms with E-state index < -0.39 is 0 Å². The SMILES string of the molecule is O=[N+]([O-])c1ccccc1C1CCN1. The van der Waals surface area contributed by atoms with Gasteiger partial charge in [0, 0.05) is 17.7 Å². The van der Waals surface area contributed by atoms with E-state index in [-0.39, 0.29) is 16.7 Å². The molecule has 0 aromatic heterocycles. The summed E-state index contributed by atoms with van der Waals surface area (Å²) in [6.07, 6.45) is 0.991. The summed E-state index contributed by atoms with van der Waals surface area (Å²) in [6, 6.07) is 7.08. The minimum Gasteiger partial charge on any atom is -0.310 e. The molecule has 1 atom stereocenters. The number of rotatable bonds is 2. The lowest BCUT2D eigenvalue weighted by molar-refractivity contribution is -0.385. The average molecular weight is 178 g/mol. The topological polar surface area (TPSA) is 55.2 Å². The molecule has 13 heavy (non-hydrogen) atoms. The van der Waals surface area contributed by atoms with Crippen molar-refractivity contribution in [1.82, 2.24) is 5.32 Å². The van der Waals surface area contributed by atoms with Crippen LogP contribution in [-0.2, 0) is 0 Å². The Kier molecular flexibility index (Phi) is 1.98. The molecule has 1 aliphatic rings. The van der Waals surface area contributed by atoms with Gasteiger partial charge in [0.15, 0.2) is 0 Å². The van der Waals surface area contributed by atoms with Crippen LogP contribution in [0.4, 0.5) is 5.69 Å². The fourth-order valence-corrected chi connectivity index (χ4v) is 1.50. The van der Waals surface area contributed by atoms with Crippen molar-refractivity contribution in [1.29, 1.82) is 0 Å². The molecule has 1 aromatic carbocycles. The quantitative estimate of drug-likeness (QED) is 0.553. The molecule has 0 spiro atoms. The van der Waals surface area contributed by atoms with E-state index in [1.807, 2.05) is 12.1 Å². The smallest absolute Gasteiger partial charge is 0.274 e. The average Bonchev–Trinajstić information content (AvgIpc) is 2.02. The van der Waals surface area contributed by atoms with Crippen molar-refractivity contribution in [3.05, 3.63) is 39.9 Å². The molecule has 2 rings (SSSR count). The predicted octanol–water partition coefficient (Wildman–Crippen LogP) is 1.63. The normalized spacial score (nSPS) is 20.8. The maximum atomic E-state index is 10.6. The zero-order valence-electron chi connectivity index (χ0n) is 7.06. The number of nitrogens with one attached hydrogen (secondary N) is 1. The fourth-order valence-electron chi connectivity index (χ4n) is 1.50. The molecule has 4 heteroatoms. The molecule has 1 aliphatic heterocycles. The molecule has 0 amide bonds. The minimum atomic E-state index is -0.324. The van der Waals surface area contributed by atoms with Crippen molar-refractivity contribution in [2.75, 3.05) is 6.54 Å². The summed E-state index contributed by atoms with van der Waals surface area (Å²) in [6.45, 7) is 0.955. The van der Waals surface area contributed by atoms with E-state index in [1.54, 1.807) is 12.1 Å². The van der Waals surface area contributed by atoms with Crippen molar-refractivity contribution >= 4 is 5.69 Å². The fraction of sp³-hybridized carbons (Fsp3) is 0.333. The maximum absolute atomic E-state index is 10.6. The Bertz CT molecular complexity index is 334. The summed E-state index contributed by atoms with van der Waals surface area (Å²) in [7, 11) is 0. The molecular formula is C9H10N2O2. The molecule has 4 nitrogen and oxygen atoms in total. The highest BCUT2D eigenvalue weighted by molar-refractivity contribution is 5.42. The number of benzene rings is 1. The summed E-state index contributed by atoms with van der Waals surface area (Å²) >= 11 is 0. The highest BCUT2D eigenvalue weighted by atomic mass is 16.6. The second-order valence-electron chi connectivity index (χ2n) is 3.11. The number of para-hydroxylation sites is 1. The van der Waals surface area contributed by atoms with Gasteiger partial charge in [0.05, 0.1) is 4.92 Å². The third kappa shape index (κ3) is 1.40. The van der Waals surface area contributed by atoms with E-state index in [9.17, 15) is 10.1 Å². The number of hydrogen-bond acceptors (Lipinski definition) is 3. The van der Waals surface area contributed by atoms with Gasteiger partial charge in [0.2, 0.25) is 0 Å². The molecule has 1 aromatic rings. The van der Waals surface area contributed by atoms with E-state index >= 15 is 0 Å². The van der Waals surface area contributed by atoms with Gasteiger partial charge in [-0.1, -0.05) is 18.2 Å². The van der Waals surface area contributed by atoms with Gasteiger partial charge in [-0.3, -0.25) is 10.1 Å². The number of nitro groups is 1. The summed E-state index contributed by atoms with van der Waals surface area (Å²) in [5, 5.41) is 13.8. The monoisotopic (exact) mass is 178 g/mol. The predicted molar refractivity (Wildman–Crippen MR) is 48.5 cm³/mol. The lowest BCUT2D eigenvalue weighted by atomic mass is 9.97. The van der Waals surface area contributed by atoms with Crippen LogP contribution in [0.5, 0.6) is 0 Å². The second-order valence-corrected chi connectivity index (χ2v) is 3.11. The molecule has 0 aliphatic carbocycles. The van der Waals surface area contributed by atoms with Crippen molar-refractivity contribution in [2.45, 2.75) is 12.5 Å². The molecule has 1 saturated heterocycles. The second kappa shape index (κ2) is 3.14. The Labute approximate surface area is 75.7 Å². The van der Waals surface area contributed by atoms with Gasteiger partial charge in [-0.25, -0.2) is 0 Å². The largest absolute Gasteiger partial charge is 0.310 e. The number of nitro benzene ring substituents is 1. The van der Waals surface area contributed by atoms with Gasteiger partial charge < -0.3 is 5.32 Å². The zero-order chi connectivity index (χ0) is 9.26. The van der Waals surface area contributed by atoms with Gasteiger partial charge in [-0.2, -0.15) is 0 Å². The molecule has 1 unspecified atom stereocenters. The lowest BCUT2D eigenvalue weighted by Crippen LogP contribution is -2.35. The molecular weight excluding hydrogens is 168 g/mol.